The molecule has 1 heteroatoms. The van der Waals surface area contributed by atoms with Crippen molar-refractivity contribution in [3.8, 4) is 0 Å². The first-order valence-electron chi connectivity index (χ1n) is 2.84. The zero-order valence-electron chi connectivity index (χ0n) is 5.69. The van der Waals surface area contributed by atoms with E-state index >= 15 is 0 Å². The second-order valence-electron chi connectivity index (χ2n) is 2.00. The Bertz CT molecular complexity index is 108. The van der Waals surface area contributed by atoms with Crippen molar-refractivity contribution in [3.05, 3.63) is 11.1 Å². The zero-order valence-corrected chi connectivity index (χ0v) is 5.69. The topological polar surface area (TPSA) is 17.1 Å². The van der Waals surface area contributed by atoms with Gasteiger partial charge in [-0.2, -0.15) is 0 Å². The van der Waals surface area contributed by atoms with Gasteiger partial charge in [-0.15, -0.1) is 0 Å². The fourth-order valence-corrected chi connectivity index (χ4v) is 0.555. The molecule has 0 aromatic heterocycles. The van der Waals surface area contributed by atoms with Gasteiger partial charge in [0.05, 0.1) is 0 Å². The fourth-order valence-electron chi connectivity index (χ4n) is 0.555. The first-order chi connectivity index (χ1) is 3.72. The zero-order chi connectivity index (χ0) is 6.57. The summed E-state index contributed by atoms with van der Waals surface area (Å²) < 4.78 is 0. The molecule has 0 bridgehead atoms. The lowest BCUT2D eigenvalue weighted by Gasteiger charge is -1.93. The van der Waals surface area contributed by atoms with E-state index in [0.29, 0.717) is 0 Å². The number of allylic oxidation sites excluding steroid dienone is 2. The van der Waals surface area contributed by atoms with E-state index in [1.165, 1.54) is 0 Å². The van der Waals surface area contributed by atoms with Gasteiger partial charge in [-0.1, -0.05) is 12.5 Å². The highest BCUT2D eigenvalue weighted by molar-refractivity contribution is 5.73. The van der Waals surface area contributed by atoms with Crippen molar-refractivity contribution < 1.29 is 4.79 Å². The average molecular weight is 112 g/mol. The van der Waals surface area contributed by atoms with Crippen LogP contribution in [-0.4, -0.2) is 6.29 Å². The maximum absolute atomic E-state index is 10.1. The average Bonchev–Trinajstić information content (AvgIpc) is 1.69. The van der Waals surface area contributed by atoms with Crippen LogP contribution >= 0.6 is 0 Å². The van der Waals surface area contributed by atoms with Crippen molar-refractivity contribution in [2.75, 3.05) is 0 Å². The van der Waals surface area contributed by atoms with E-state index in [9.17, 15) is 4.79 Å². The van der Waals surface area contributed by atoms with Gasteiger partial charge in [-0.25, -0.2) is 0 Å². The molecule has 0 spiro atoms. The van der Waals surface area contributed by atoms with Gasteiger partial charge in [0.15, 0.2) is 0 Å². The molecule has 0 aromatic rings. The molecule has 0 saturated carbocycles. The largest absolute Gasteiger partial charge is 0.298 e. The minimum absolute atomic E-state index is 0.853. The molecule has 0 atom stereocenters. The van der Waals surface area contributed by atoms with Crippen LogP contribution in [0.15, 0.2) is 11.1 Å². The minimum Gasteiger partial charge on any atom is -0.298 e. The second-order valence-corrected chi connectivity index (χ2v) is 2.00. The van der Waals surface area contributed by atoms with Gasteiger partial charge in [0, 0.05) is 0 Å². The molecule has 1 nitrogen and oxygen atoms in total. The molecular formula is C7H12O. The third kappa shape index (κ3) is 1.92. The Hall–Kier alpha value is -0.590. The summed E-state index contributed by atoms with van der Waals surface area (Å²) >= 11 is 0. The predicted octanol–water partition coefficient (Wildman–Crippen LogP) is 1.93. The van der Waals surface area contributed by atoms with Crippen molar-refractivity contribution in [3.63, 3.8) is 0 Å². The summed E-state index contributed by atoms with van der Waals surface area (Å²) in [6.45, 7) is 5.89. The van der Waals surface area contributed by atoms with Gasteiger partial charge in [0.1, 0.15) is 6.29 Å². The molecule has 8 heavy (non-hydrogen) atoms. The molecule has 0 aromatic carbocycles. The maximum atomic E-state index is 10.1. The molecule has 0 heterocycles. The summed E-state index contributed by atoms with van der Waals surface area (Å²) in [5.41, 5.74) is 2.05. The van der Waals surface area contributed by atoms with Crippen LogP contribution in [0.25, 0.3) is 0 Å². The second kappa shape index (κ2) is 3.42. The number of carbonyl (C=O) groups excluding carboxylic acids is 1. The van der Waals surface area contributed by atoms with Crippen LogP contribution in [0.2, 0.25) is 0 Å². The highest BCUT2D eigenvalue weighted by Crippen LogP contribution is 2.02. The third-order valence-electron chi connectivity index (χ3n) is 1.17. The third-order valence-corrected chi connectivity index (χ3v) is 1.17. The van der Waals surface area contributed by atoms with Crippen LogP contribution < -0.4 is 0 Å². The lowest BCUT2D eigenvalue weighted by Crippen LogP contribution is -1.83. The number of aldehydes is 1. The van der Waals surface area contributed by atoms with Gasteiger partial charge in [-0.05, 0) is 25.8 Å². The van der Waals surface area contributed by atoms with Gasteiger partial charge < -0.3 is 0 Å². The summed E-state index contributed by atoms with van der Waals surface area (Å²) in [6, 6.07) is 0. The summed E-state index contributed by atoms with van der Waals surface area (Å²) in [5, 5.41) is 0. The first-order valence-corrected chi connectivity index (χ1v) is 2.84. The normalized spacial score (nSPS) is 8.38. The standard InChI is InChI=1S/C7H12O/c1-4-7(5-8)6(2)3/h5H,4H2,1-3H3. The maximum Gasteiger partial charge on any atom is 0.145 e. The van der Waals surface area contributed by atoms with Crippen LogP contribution in [0.4, 0.5) is 0 Å². The van der Waals surface area contributed by atoms with Crippen LogP contribution in [-0.2, 0) is 4.79 Å². The molecule has 46 valence electrons. The number of rotatable bonds is 2. The Morgan fingerprint density at radius 3 is 2.00 bits per heavy atom. The first kappa shape index (κ1) is 7.41. The van der Waals surface area contributed by atoms with Crippen molar-refractivity contribution in [1.82, 2.24) is 0 Å². The molecule has 0 unspecified atom stereocenters. The van der Waals surface area contributed by atoms with Gasteiger partial charge in [0.2, 0.25) is 0 Å². The SMILES string of the molecule is CCC(C=O)=C(C)C. The van der Waals surface area contributed by atoms with Crippen LogP contribution in [0.5, 0.6) is 0 Å². The lowest BCUT2D eigenvalue weighted by molar-refractivity contribution is -0.105. The summed E-state index contributed by atoms with van der Waals surface area (Å²) in [7, 11) is 0. The van der Waals surface area contributed by atoms with Gasteiger partial charge in [0.25, 0.3) is 0 Å². The van der Waals surface area contributed by atoms with E-state index in [2.05, 4.69) is 0 Å². The molecule has 0 rings (SSSR count). The van der Waals surface area contributed by atoms with E-state index in [0.717, 1.165) is 23.9 Å². The molecule has 0 N–H and O–H groups in total. The summed E-state index contributed by atoms with van der Waals surface area (Å²) in [6.07, 6.45) is 1.78. The van der Waals surface area contributed by atoms with Crippen molar-refractivity contribution in [1.29, 1.82) is 0 Å². The van der Waals surface area contributed by atoms with Crippen LogP contribution in [0, 0.1) is 0 Å². The number of carbonyl (C=O) groups is 1. The Balaban J connectivity index is 4.07. The van der Waals surface area contributed by atoms with E-state index in [4.69, 9.17) is 0 Å². The molecule has 0 aliphatic heterocycles. The molecule has 0 radical (unpaired) electrons. The van der Waals surface area contributed by atoms with Crippen molar-refractivity contribution in [2.24, 2.45) is 0 Å². The summed E-state index contributed by atoms with van der Waals surface area (Å²) in [5.74, 6) is 0. The Morgan fingerprint density at radius 1 is 1.50 bits per heavy atom. The van der Waals surface area contributed by atoms with E-state index < -0.39 is 0 Å². The smallest absolute Gasteiger partial charge is 0.145 e. The Labute approximate surface area is 50.4 Å². The highest BCUT2D eigenvalue weighted by atomic mass is 16.1. The predicted molar refractivity (Wildman–Crippen MR) is 34.7 cm³/mol. The van der Waals surface area contributed by atoms with Crippen molar-refractivity contribution in [2.45, 2.75) is 27.2 Å². The van der Waals surface area contributed by atoms with Gasteiger partial charge in [-0.3, -0.25) is 4.79 Å². The highest BCUT2D eigenvalue weighted by Gasteiger charge is 1.90. The monoisotopic (exact) mass is 112 g/mol. The molecule has 0 saturated heterocycles. The quantitative estimate of drug-likeness (QED) is 0.394. The molecule has 0 aliphatic carbocycles. The molecule has 0 aliphatic rings. The van der Waals surface area contributed by atoms with Crippen molar-refractivity contribution >= 4 is 6.29 Å². The van der Waals surface area contributed by atoms with Gasteiger partial charge >= 0.3 is 0 Å². The fraction of sp³-hybridized carbons (Fsp3) is 0.571. The molecule has 0 fully saturated rings. The minimum atomic E-state index is 0.853. The molecular weight excluding hydrogens is 100 g/mol. The van der Waals surface area contributed by atoms with E-state index in [1.54, 1.807) is 0 Å². The van der Waals surface area contributed by atoms with E-state index in [1.807, 2.05) is 20.8 Å². The van der Waals surface area contributed by atoms with Crippen LogP contribution in [0.1, 0.15) is 27.2 Å². The summed E-state index contributed by atoms with van der Waals surface area (Å²) in [4.78, 5) is 10.1. The Kier molecular flexibility index (Phi) is 3.16. The lowest BCUT2D eigenvalue weighted by atomic mass is 10.1. The Morgan fingerprint density at radius 2 is 2.00 bits per heavy atom. The number of hydrogen-bond donors (Lipinski definition) is 0. The van der Waals surface area contributed by atoms with E-state index in [-0.39, 0.29) is 0 Å². The van der Waals surface area contributed by atoms with Crippen LogP contribution in [0.3, 0.4) is 0 Å². The number of hydrogen-bond acceptors (Lipinski definition) is 1. The molecule has 0 amide bonds.